The third-order valence-electron chi connectivity index (χ3n) is 14.0. The lowest BCUT2D eigenvalue weighted by atomic mass is 9.47. The molecule has 3 fully saturated rings. The van der Waals surface area contributed by atoms with E-state index in [-0.39, 0.29) is 12.1 Å². The van der Waals surface area contributed by atoms with E-state index in [1.54, 1.807) is 11.6 Å². The van der Waals surface area contributed by atoms with Crippen LogP contribution in [0.4, 0.5) is 0 Å². The number of carbonyl (C=O) groups is 1. The molecule has 0 bridgehead atoms. The number of unbranched alkanes of at least 4 members (excludes halogenated alkanes) is 12. The first-order valence-corrected chi connectivity index (χ1v) is 20.8. The maximum atomic E-state index is 12.7. The molecule has 0 saturated heterocycles. The molecule has 4 aliphatic carbocycles. The fourth-order valence-electron chi connectivity index (χ4n) is 11.2. The molecule has 46 heavy (non-hydrogen) atoms. The average molecular weight is 637 g/mol. The first-order chi connectivity index (χ1) is 22.2. The smallest absolute Gasteiger partial charge is 0.330 e. The van der Waals surface area contributed by atoms with Crippen LogP contribution in [0.1, 0.15) is 196 Å². The van der Waals surface area contributed by atoms with Gasteiger partial charge in [-0.1, -0.05) is 149 Å². The summed E-state index contributed by atoms with van der Waals surface area (Å²) >= 11 is 0. The lowest BCUT2D eigenvalue weighted by Gasteiger charge is -2.58. The van der Waals surface area contributed by atoms with Gasteiger partial charge in [-0.3, -0.25) is 0 Å². The molecule has 0 radical (unpaired) electrons. The van der Waals surface area contributed by atoms with Crippen molar-refractivity contribution in [1.29, 1.82) is 0 Å². The van der Waals surface area contributed by atoms with Crippen molar-refractivity contribution < 1.29 is 9.53 Å². The molecule has 264 valence electrons. The lowest BCUT2D eigenvalue weighted by Crippen LogP contribution is -2.51. The second-order valence-electron chi connectivity index (χ2n) is 17.7. The van der Waals surface area contributed by atoms with Crippen molar-refractivity contribution >= 4 is 5.97 Å². The Kier molecular flexibility index (Phi) is 15.3. The molecule has 0 aliphatic heterocycles. The number of hydrogen-bond acceptors (Lipinski definition) is 2. The molecule has 0 spiro atoms. The van der Waals surface area contributed by atoms with E-state index in [0.29, 0.717) is 10.8 Å². The minimum Gasteiger partial charge on any atom is -0.459 e. The Morgan fingerprint density at radius 1 is 0.826 bits per heavy atom. The van der Waals surface area contributed by atoms with Crippen LogP contribution >= 0.6 is 0 Å². The molecule has 0 amide bonds. The van der Waals surface area contributed by atoms with Crippen molar-refractivity contribution in [3.63, 3.8) is 0 Å². The van der Waals surface area contributed by atoms with Gasteiger partial charge in [0.1, 0.15) is 6.10 Å². The SMILES string of the molecule is CCCCCCCCCCCCCC/C=C/C(=O)O[C@H]1CC[C@@]2(C)C(=CC[C@H]3[C@@H]4CC[C@H]([C@H](C)CCCC(C)C)[C@@]4(C)CC[C@@H]32)C1. The zero-order valence-electron chi connectivity index (χ0n) is 31.6. The number of rotatable bonds is 20. The van der Waals surface area contributed by atoms with Gasteiger partial charge in [-0.05, 0) is 104 Å². The number of ether oxygens (including phenoxy) is 1. The van der Waals surface area contributed by atoms with E-state index in [4.69, 9.17) is 4.74 Å². The molecule has 4 aliphatic rings. The summed E-state index contributed by atoms with van der Waals surface area (Å²) in [4.78, 5) is 12.7. The highest BCUT2D eigenvalue weighted by Crippen LogP contribution is 2.67. The lowest BCUT2D eigenvalue weighted by molar-refractivity contribution is -0.145. The summed E-state index contributed by atoms with van der Waals surface area (Å²) in [6, 6.07) is 0. The van der Waals surface area contributed by atoms with E-state index in [2.05, 4.69) is 53.7 Å². The van der Waals surface area contributed by atoms with E-state index >= 15 is 0 Å². The first kappa shape index (κ1) is 37.8. The van der Waals surface area contributed by atoms with Crippen LogP contribution in [0.3, 0.4) is 0 Å². The van der Waals surface area contributed by atoms with Crippen molar-refractivity contribution in [2.75, 3.05) is 0 Å². The number of allylic oxidation sites excluding steroid dienone is 2. The topological polar surface area (TPSA) is 26.3 Å². The van der Waals surface area contributed by atoms with E-state index in [0.717, 1.165) is 54.8 Å². The monoisotopic (exact) mass is 637 g/mol. The molecule has 2 nitrogen and oxygen atoms in total. The van der Waals surface area contributed by atoms with E-state index < -0.39 is 0 Å². The summed E-state index contributed by atoms with van der Waals surface area (Å²) in [7, 11) is 0. The number of hydrogen-bond donors (Lipinski definition) is 0. The van der Waals surface area contributed by atoms with Crippen LogP contribution in [0.2, 0.25) is 0 Å². The molecule has 4 rings (SSSR count). The minimum atomic E-state index is -0.116. The Hall–Kier alpha value is -1.05. The molecule has 0 N–H and O–H groups in total. The number of fused-ring (bicyclic) bond motifs is 5. The first-order valence-electron chi connectivity index (χ1n) is 20.8. The Balaban J connectivity index is 1.15. The van der Waals surface area contributed by atoms with Gasteiger partial charge >= 0.3 is 5.97 Å². The van der Waals surface area contributed by atoms with Crippen molar-refractivity contribution in [2.45, 2.75) is 202 Å². The van der Waals surface area contributed by atoms with Gasteiger partial charge in [-0.25, -0.2) is 4.79 Å². The highest BCUT2D eigenvalue weighted by molar-refractivity contribution is 5.82. The predicted molar refractivity (Wildman–Crippen MR) is 198 cm³/mol. The molecule has 0 aromatic rings. The molecular formula is C44H76O2. The van der Waals surface area contributed by atoms with Crippen LogP contribution in [0.5, 0.6) is 0 Å². The zero-order valence-corrected chi connectivity index (χ0v) is 31.6. The maximum absolute atomic E-state index is 12.7. The van der Waals surface area contributed by atoms with Gasteiger partial charge in [0.15, 0.2) is 0 Å². The average Bonchev–Trinajstić information content (AvgIpc) is 3.38. The predicted octanol–water partition coefficient (Wildman–Crippen LogP) is 13.6. The summed E-state index contributed by atoms with van der Waals surface area (Å²) in [6.45, 7) is 14.9. The van der Waals surface area contributed by atoms with Crippen LogP contribution in [-0.2, 0) is 9.53 Å². The molecule has 3 saturated carbocycles. The normalized spacial score (nSPS) is 33.0. The largest absolute Gasteiger partial charge is 0.459 e. The standard InChI is InChI=1S/C44H76O2/c1-7-8-9-10-11-12-13-14-15-16-17-18-19-20-24-42(45)46-37-29-31-43(5)36(33-37)25-26-38-40-28-27-39(35(4)23-21-22-34(2)3)44(40,6)32-30-41(38)43/h20,24-25,34-35,37-41H,7-19,21-23,26-33H2,1-6H3/b24-20+/t35-,37+,38+,39-,40+,41+,43+,44-/m1/s1. The summed E-state index contributed by atoms with van der Waals surface area (Å²) < 4.78 is 6.04. The molecule has 0 heterocycles. The fourth-order valence-corrected chi connectivity index (χ4v) is 11.2. The van der Waals surface area contributed by atoms with E-state index in [9.17, 15) is 4.79 Å². The Bertz CT molecular complexity index is 961. The Labute approximate surface area is 286 Å². The van der Waals surface area contributed by atoms with Gasteiger partial charge < -0.3 is 4.74 Å². The van der Waals surface area contributed by atoms with Gasteiger partial charge in [0.2, 0.25) is 0 Å². The minimum absolute atomic E-state index is 0.0658. The molecule has 2 heteroatoms. The van der Waals surface area contributed by atoms with Crippen LogP contribution in [0.25, 0.3) is 0 Å². The van der Waals surface area contributed by atoms with Gasteiger partial charge in [-0.15, -0.1) is 0 Å². The van der Waals surface area contributed by atoms with Crippen LogP contribution < -0.4 is 0 Å². The highest BCUT2D eigenvalue weighted by atomic mass is 16.5. The second-order valence-corrected chi connectivity index (χ2v) is 17.7. The van der Waals surface area contributed by atoms with Crippen LogP contribution in [-0.4, -0.2) is 12.1 Å². The molecule has 0 aromatic heterocycles. The molecule has 0 unspecified atom stereocenters. The van der Waals surface area contributed by atoms with Gasteiger partial charge in [-0.2, -0.15) is 0 Å². The highest BCUT2D eigenvalue weighted by Gasteiger charge is 2.59. The summed E-state index contributed by atoms with van der Waals surface area (Å²) in [6.07, 6.45) is 38.4. The third-order valence-corrected chi connectivity index (χ3v) is 14.0. The van der Waals surface area contributed by atoms with Crippen molar-refractivity contribution in [3.8, 4) is 0 Å². The quantitative estimate of drug-likeness (QED) is 0.0575. The Morgan fingerprint density at radius 3 is 2.17 bits per heavy atom. The zero-order chi connectivity index (χ0) is 33.0. The van der Waals surface area contributed by atoms with Gasteiger partial charge in [0, 0.05) is 12.5 Å². The summed E-state index contributed by atoms with van der Waals surface area (Å²) in [5.74, 6) is 5.11. The van der Waals surface area contributed by atoms with Crippen LogP contribution in [0.15, 0.2) is 23.8 Å². The second kappa shape index (κ2) is 18.6. The van der Waals surface area contributed by atoms with Crippen molar-refractivity contribution in [3.05, 3.63) is 23.8 Å². The fraction of sp³-hybridized carbons (Fsp3) is 0.886. The molecule has 0 aromatic carbocycles. The van der Waals surface area contributed by atoms with Crippen molar-refractivity contribution in [2.24, 2.45) is 46.3 Å². The van der Waals surface area contributed by atoms with Gasteiger partial charge in [0.05, 0.1) is 0 Å². The molecule has 8 atom stereocenters. The maximum Gasteiger partial charge on any atom is 0.330 e. The number of esters is 1. The van der Waals surface area contributed by atoms with Crippen LogP contribution in [0, 0.1) is 46.3 Å². The summed E-state index contributed by atoms with van der Waals surface area (Å²) in [5, 5.41) is 0. The third kappa shape index (κ3) is 10.00. The van der Waals surface area contributed by atoms with E-state index in [1.807, 2.05) is 0 Å². The number of carbonyl (C=O) groups excluding carboxylic acids is 1. The van der Waals surface area contributed by atoms with Gasteiger partial charge in [0.25, 0.3) is 0 Å². The Morgan fingerprint density at radius 2 is 1.50 bits per heavy atom. The molecular weight excluding hydrogens is 560 g/mol. The van der Waals surface area contributed by atoms with Crippen molar-refractivity contribution in [1.82, 2.24) is 0 Å². The summed E-state index contributed by atoms with van der Waals surface area (Å²) in [5.41, 5.74) is 2.49. The van der Waals surface area contributed by atoms with E-state index in [1.165, 1.54) is 135 Å².